The predicted octanol–water partition coefficient (Wildman–Crippen LogP) is 2.37. The van der Waals surface area contributed by atoms with Crippen LogP contribution in [0.15, 0.2) is 48.5 Å². The molecule has 0 fully saturated rings. The van der Waals surface area contributed by atoms with Gasteiger partial charge in [0.25, 0.3) is 0 Å². The molecular weight excluding hydrogens is 338 g/mol. The molecule has 0 unspecified atom stereocenters. The average molecular weight is 354 g/mol. The van der Waals surface area contributed by atoms with Crippen LogP contribution in [0.2, 0.25) is 0 Å². The first-order chi connectivity index (χ1) is 11.3. The molecule has 0 bridgehead atoms. The third-order valence-corrected chi connectivity index (χ3v) is 4.39. The van der Waals surface area contributed by atoms with Gasteiger partial charge in [-0.2, -0.15) is 4.31 Å². The lowest BCUT2D eigenvalue weighted by Gasteiger charge is -2.19. The normalized spacial score (nSPS) is 11.5. The van der Waals surface area contributed by atoms with Crippen molar-refractivity contribution in [3.8, 4) is 0 Å². The molecule has 1 amide bonds. The summed E-state index contributed by atoms with van der Waals surface area (Å²) in [6, 6.07) is 11.4. The van der Waals surface area contributed by atoms with E-state index < -0.39 is 34.1 Å². The van der Waals surface area contributed by atoms with Crippen molar-refractivity contribution in [1.29, 1.82) is 0 Å². The maximum atomic E-state index is 13.5. The number of rotatable bonds is 6. The standard InChI is InChI=1S/C16H16F2N2O3S/c1-24(22,23)20(10-12-5-3-2-4-6-12)11-16(21)19-15-9-13(17)7-8-14(15)18/h2-9H,10-11H2,1H3,(H,19,21). The first-order valence-corrected chi connectivity index (χ1v) is 8.84. The van der Waals surface area contributed by atoms with Crippen molar-refractivity contribution in [2.75, 3.05) is 18.1 Å². The summed E-state index contributed by atoms with van der Waals surface area (Å²) < 4.78 is 51.3. The zero-order valence-electron chi connectivity index (χ0n) is 12.9. The Hall–Kier alpha value is -2.32. The van der Waals surface area contributed by atoms with Crippen molar-refractivity contribution in [3.05, 3.63) is 65.7 Å². The lowest BCUT2D eigenvalue weighted by atomic mass is 10.2. The quantitative estimate of drug-likeness (QED) is 0.866. The fourth-order valence-corrected chi connectivity index (χ4v) is 2.76. The summed E-state index contributed by atoms with van der Waals surface area (Å²) >= 11 is 0. The zero-order valence-corrected chi connectivity index (χ0v) is 13.7. The van der Waals surface area contributed by atoms with Crippen LogP contribution < -0.4 is 5.32 Å². The summed E-state index contributed by atoms with van der Waals surface area (Å²) in [5, 5.41) is 2.18. The summed E-state index contributed by atoms with van der Waals surface area (Å²) in [7, 11) is -3.66. The maximum Gasteiger partial charge on any atom is 0.239 e. The van der Waals surface area contributed by atoms with Gasteiger partial charge in [-0.1, -0.05) is 30.3 Å². The van der Waals surface area contributed by atoms with Crippen LogP contribution in [0, 0.1) is 11.6 Å². The van der Waals surface area contributed by atoms with Crippen LogP contribution in [0.3, 0.4) is 0 Å². The monoisotopic (exact) mass is 354 g/mol. The van der Waals surface area contributed by atoms with Crippen LogP contribution >= 0.6 is 0 Å². The minimum atomic E-state index is -3.66. The molecule has 128 valence electrons. The molecule has 0 saturated carbocycles. The number of anilines is 1. The highest BCUT2D eigenvalue weighted by Gasteiger charge is 2.21. The largest absolute Gasteiger partial charge is 0.322 e. The van der Waals surface area contributed by atoms with Gasteiger partial charge in [0.2, 0.25) is 15.9 Å². The van der Waals surface area contributed by atoms with E-state index in [1.807, 2.05) is 0 Å². The molecule has 2 aromatic rings. The van der Waals surface area contributed by atoms with Crippen LogP contribution in [-0.2, 0) is 21.4 Å². The molecule has 0 heterocycles. The third-order valence-electron chi connectivity index (χ3n) is 3.19. The van der Waals surface area contributed by atoms with Gasteiger partial charge >= 0.3 is 0 Å². The van der Waals surface area contributed by atoms with Crippen molar-refractivity contribution in [2.24, 2.45) is 0 Å². The van der Waals surface area contributed by atoms with E-state index in [0.717, 1.165) is 28.8 Å². The van der Waals surface area contributed by atoms with Crippen molar-refractivity contribution < 1.29 is 22.0 Å². The topological polar surface area (TPSA) is 66.5 Å². The van der Waals surface area contributed by atoms with E-state index in [-0.39, 0.29) is 12.2 Å². The molecule has 0 aromatic heterocycles. The summed E-state index contributed by atoms with van der Waals surface area (Å²) in [6.07, 6.45) is 0.978. The summed E-state index contributed by atoms with van der Waals surface area (Å²) in [6.45, 7) is -0.512. The average Bonchev–Trinajstić information content (AvgIpc) is 2.50. The number of halogens is 2. The summed E-state index contributed by atoms with van der Waals surface area (Å²) in [5.74, 6) is -2.28. The van der Waals surface area contributed by atoms with Gasteiger partial charge in [-0.05, 0) is 17.7 Å². The zero-order chi connectivity index (χ0) is 17.7. The van der Waals surface area contributed by atoms with E-state index in [4.69, 9.17) is 0 Å². The van der Waals surface area contributed by atoms with Crippen molar-refractivity contribution >= 4 is 21.6 Å². The number of benzene rings is 2. The molecule has 0 saturated heterocycles. The minimum absolute atomic E-state index is 0.00126. The number of sulfonamides is 1. The fourth-order valence-electron chi connectivity index (χ4n) is 2.02. The first kappa shape index (κ1) is 18.0. The molecule has 2 aromatic carbocycles. The van der Waals surface area contributed by atoms with Crippen LogP contribution in [0.4, 0.5) is 14.5 Å². The molecular formula is C16H16F2N2O3S. The van der Waals surface area contributed by atoms with Gasteiger partial charge in [0.15, 0.2) is 0 Å². The Labute approximate surface area is 139 Å². The third kappa shape index (κ3) is 5.10. The highest BCUT2D eigenvalue weighted by atomic mass is 32.2. The second-order valence-electron chi connectivity index (χ2n) is 5.19. The number of carbonyl (C=O) groups excluding carboxylic acids is 1. The van der Waals surface area contributed by atoms with E-state index in [1.54, 1.807) is 30.3 Å². The van der Waals surface area contributed by atoms with Crippen LogP contribution in [0.25, 0.3) is 0 Å². The highest BCUT2D eigenvalue weighted by molar-refractivity contribution is 7.88. The molecule has 2 rings (SSSR count). The molecule has 1 N–H and O–H groups in total. The Balaban J connectivity index is 2.12. The lowest BCUT2D eigenvalue weighted by molar-refractivity contribution is -0.116. The molecule has 0 atom stereocenters. The van der Waals surface area contributed by atoms with E-state index in [1.165, 1.54) is 0 Å². The molecule has 0 radical (unpaired) electrons. The smallest absolute Gasteiger partial charge is 0.239 e. The number of nitrogens with one attached hydrogen (secondary N) is 1. The molecule has 8 heteroatoms. The van der Waals surface area contributed by atoms with Crippen LogP contribution in [-0.4, -0.2) is 31.4 Å². The van der Waals surface area contributed by atoms with Gasteiger partial charge in [0.1, 0.15) is 11.6 Å². The summed E-state index contributed by atoms with van der Waals surface area (Å²) in [5.41, 5.74) is 0.362. The van der Waals surface area contributed by atoms with Crippen molar-refractivity contribution in [1.82, 2.24) is 4.31 Å². The van der Waals surface area contributed by atoms with E-state index in [2.05, 4.69) is 5.32 Å². The second kappa shape index (κ2) is 7.50. The molecule has 24 heavy (non-hydrogen) atoms. The minimum Gasteiger partial charge on any atom is -0.322 e. The van der Waals surface area contributed by atoms with Crippen molar-refractivity contribution in [2.45, 2.75) is 6.54 Å². The van der Waals surface area contributed by atoms with E-state index >= 15 is 0 Å². The van der Waals surface area contributed by atoms with Gasteiger partial charge in [-0.15, -0.1) is 0 Å². The highest BCUT2D eigenvalue weighted by Crippen LogP contribution is 2.16. The van der Waals surface area contributed by atoms with Gasteiger partial charge in [0, 0.05) is 12.6 Å². The predicted molar refractivity (Wildman–Crippen MR) is 86.7 cm³/mol. The fraction of sp³-hybridized carbons (Fsp3) is 0.188. The number of hydrogen-bond acceptors (Lipinski definition) is 3. The first-order valence-electron chi connectivity index (χ1n) is 6.99. The van der Waals surface area contributed by atoms with Crippen LogP contribution in [0.5, 0.6) is 0 Å². The Morgan fingerprint density at radius 2 is 1.79 bits per heavy atom. The molecule has 5 nitrogen and oxygen atoms in total. The van der Waals surface area contributed by atoms with Gasteiger partial charge in [0.05, 0.1) is 18.5 Å². The number of nitrogens with zero attached hydrogens (tertiary/aromatic N) is 1. The molecule has 0 aliphatic heterocycles. The van der Waals surface area contributed by atoms with Crippen molar-refractivity contribution in [3.63, 3.8) is 0 Å². The molecule has 0 aliphatic carbocycles. The van der Waals surface area contributed by atoms with Crippen LogP contribution in [0.1, 0.15) is 5.56 Å². The molecule has 0 spiro atoms. The Morgan fingerprint density at radius 3 is 2.42 bits per heavy atom. The number of amides is 1. The maximum absolute atomic E-state index is 13.5. The SMILES string of the molecule is CS(=O)(=O)N(CC(=O)Nc1cc(F)ccc1F)Cc1ccccc1. The van der Waals surface area contributed by atoms with Gasteiger partial charge in [-0.25, -0.2) is 17.2 Å². The van der Waals surface area contributed by atoms with Gasteiger partial charge in [-0.3, -0.25) is 4.79 Å². The number of hydrogen-bond donors (Lipinski definition) is 1. The van der Waals surface area contributed by atoms with E-state index in [0.29, 0.717) is 5.56 Å². The number of carbonyl (C=O) groups is 1. The Morgan fingerprint density at radius 1 is 1.12 bits per heavy atom. The van der Waals surface area contributed by atoms with Gasteiger partial charge < -0.3 is 5.32 Å². The summed E-state index contributed by atoms with van der Waals surface area (Å²) in [4.78, 5) is 12.0. The van der Waals surface area contributed by atoms with E-state index in [9.17, 15) is 22.0 Å². The second-order valence-corrected chi connectivity index (χ2v) is 7.17. The Bertz CT molecular complexity index is 826. The Kier molecular flexibility index (Phi) is 5.63. The molecule has 0 aliphatic rings. The lowest BCUT2D eigenvalue weighted by Crippen LogP contribution is -2.37.